The smallest absolute Gasteiger partial charge is 0.123 e. The van der Waals surface area contributed by atoms with E-state index >= 15 is 0 Å². The normalized spacial score (nSPS) is 15.7. The van der Waals surface area contributed by atoms with Crippen LogP contribution in [0.4, 0.5) is 4.39 Å². The summed E-state index contributed by atoms with van der Waals surface area (Å²) in [6.07, 6.45) is 3.49. The van der Waals surface area contributed by atoms with E-state index in [1.807, 2.05) is 19.2 Å². The van der Waals surface area contributed by atoms with Crippen LogP contribution in [0.3, 0.4) is 0 Å². The van der Waals surface area contributed by atoms with Crippen LogP contribution in [0.2, 0.25) is 0 Å². The first kappa shape index (κ1) is 11.8. The number of aromatic nitrogens is 1. The van der Waals surface area contributed by atoms with E-state index in [2.05, 4.69) is 5.32 Å². The summed E-state index contributed by atoms with van der Waals surface area (Å²) >= 11 is 1.79. The molecule has 94 valence electrons. The summed E-state index contributed by atoms with van der Waals surface area (Å²) in [5.41, 5.74) is 2.32. The third-order valence-corrected chi connectivity index (χ3v) is 4.57. The van der Waals surface area contributed by atoms with Gasteiger partial charge in [-0.05, 0) is 44.0 Å². The number of benzene rings is 1. The fourth-order valence-corrected chi connectivity index (χ4v) is 3.71. The van der Waals surface area contributed by atoms with E-state index in [9.17, 15) is 4.39 Å². The summed E-state index contributed by atoms with van der Waals surface area (Å²) < 4.78 is 13.0. The first-order chi connectivity index (χ1) is 8.78. The van der Waals surface area contributed by atoms with Crippen molar-refractivity contribution in [3.8, 4) is 0 Å². The van der Waals surface area contributed by atoms with Crippen LogP contribution in [0.15, 0.2) is 24.3 Å². The van der Waals surface area contributed by atoms with Crippen LogP contribution in [0.1, 0.15) is 33.6 Å². The molecule has 1 heterocycles. The third-order valence-electron chi connectivity index (χ3n) is 3.35. The average molecular weight is 262 g/mol. The van der Waals surface area contributed by atoms with E-state index in [1.54, 1.807) is 11.3 Å². The molecule has 0 aliphatic heterocycles. The van der Waals surface area contributed by atoms with Crippen molar-refractivity contribution in [1.29, 1.82) is 0 Å². The molecule has 0 amide bonds. The highest BCUT2D eigenvalue weighted by atomic mass is 32.1. The second-order valence-corrected chi connectivity index (χ2v) is 5.66. The SMILES string of the molecule is CNC(c1ccc(F)cc1)c1nc2c(s1)CCC2. The summed E-state index contributed by atoms with van der Waals surface area (Å²) in [5, 5.41) is 4.36. The second-order valence-electron chi connectivity index (χ2n) is 4.55. The molecule has 4 heteroatoms. The van der Waals surface area contributed by atoms with Gasteiger partial charge in [0, 0.05) is 4.88 Å². The zero-order valence-electron chi connectivity index (χ0n) is 10.2. The fourth-order valence-electron chi connectivity index (χ4n) is 2.42. The van der Waals surface area contributed by atoms with Gasteiger partial charge in [0.25, 0.3) is 0 Å². The van der Waals surface area contributed by atoms with Crippen molar-refractivity contribution >= 4 is 11.3 Å². The first-order valence-electron chi connectivity index (χ1n) is 6.19. The quantitative estimate of drug-likeness (QED) is 0.919. The Morgan fingerprint density at radius 2 is 2.06 bits per heavy atom. The van der Waals surface area contributed by atoms with Gasteiger partial charge in [-0.2, -0.15) is 0 Å². The topological polar surface area (TPSA) is 24.9 Å². The van der Waals surface area contributed by atoms with Gasteiger partial charge in [-0.25, -0.2) is 9.37 Å². The van der Waals surface area contributed by atoms with Crippen LogP contribution in [0, 0.1) is 5.82 Å². The van der Waals surface area contributed by atoms with Gasteiger partial charge in [0.05, 0.1) is 11.7 Å². The Labute approximate surface area is 110 Å². The standard InChI is InChI=1S/C14H15FN2S/c1-16-13(9-5-7-10(15)8-6-9)14-17-11-3-2-4-12(11)18-14/h5-8,13,16H,2-4H2,1H3. The van der Waals surface area contributed by atoms with Gasteiger partial charge in [0.15, 0.2) is 0 Å². The zero-order valence-corrected chi connectivity index (χ0v) is 11.1. The van der Waals surface area contributed by atoms with E-state index in [1.165, 1.54) is 29.1 Å². The molecule has 0 radical (unpaired) electrons. The molecule has 18 heavy (non-hydrogen) atoms. The summed E-state index contributed by atoms with van der Waals surface area (Å²) in [6, 6.07) is 6.72. The Balaban J connectivity index is 1.93. The summed E-state index contributed by atoms with van der Waals surface area (Å²) in [7, 11) is 1.92. The molecular formula is C14H15FN2S. The van der Waals surface area contributed by atoms with Gasteiger partial charge in [-0.15, -0.1) is 11.3 Å². The molecule has 0 saturated heterocycles. The van der Waals surface area contributed by atoms with Crippen LogP contribution < -0.4 is 5.32 Å². The predicted molar refractivity (Wildman–Crippen MR) is 71.4 cm³/mol. The number of hydrogen-bond donors (Lipinski definition) is 1. The average Bonchev–Trinajstić information content (AvgIpc) is 2.93. The van der Waals surface area contributed by atoms with Crippen molar-refractivity contribution in [2.45, 2.75) is 25.3 Å². The van der Waals surface area contributed by atoms with E-state index in [4.69, 9.17) is 4.98 Å². The minimum atomic E-state index is -0.199. The van der Waals surface area contributed by atoms with Crippen molar-refractivity contribution in [3.05, 3.63) is 51.2 Å². The molecule has 0 bridgehead atoms. The molecule has 0 spiro atoms. The molecule has 1 atom stereocenters. The van der Waals surface area contributed by atoms with E-state index in [0.717, 1.165) is 23.4 Å². The number of rotatable bonds is 3. The molecule has 3 rings (SSSR count). The molecule has 1 aromatic heterocycles. The van der Waals surface area contributed by atoms with Crippen molar-refractivity contribution in [2.24, 2.45) is 0 Å². The number of nitrogens with zero attached hydrogens (tertiary/aromatic N) is 1. The highest BCUT2D eigenvalue weighted by Gasteiger charge is 2.22. The van der Waals surface area contributed by atoms with Gasteiger partial charge in [-0.3, -0.25) is 0 Å². The lowest BCUT2D eigenvalue weighted by atomic mass is 10.1. The molecule has 1 aromatic carbocycles. The largest absolute Gasteiger partial charge is 0.307 e. The lowest BCUT2D eigenvalue weighted by Crippen LogP contribution is -2.17. The number of nitrogens with one attached hydrogen (secondary N) is 1. The van der Waals surface area contributed by atoms with Crippen molar-refractivity contribution in [2.75, 3.05) is 7.05 Å². The van der Waals surface area contributed by atoms with Crippen LogP contribution >= 0.6 is 11.3 Å². The summed E-state index contributed by atoms with van der Waals surface area (Å²) in [6.45, 7) is 0. The molecule has 2 aromatic rings. The number of hydrogen-bond acceptors (Lipinski definition) is 3. The Hall–Kier alpha value is -1.26. The molecular weight excluding hydrogens is 247 g/mol. The van der Waals surface area contributed by atoms with Gasteiger partial charge in [0.2, 0.25) is 0 Å². The fraction of sp³-hybridized carbons (Fsp3) is 0.357. The molecule has 2 nitrogen and oxygen atoms in total. The van der Waals surface area contributed by atoms with Crippen molar-refractivity contribution in [1.82, 2.24) is 10.3 Å². The number of aryl methyl sites for hydroxylation is 2. The maximum absolute atomic E-state index is 13.0. The van der Waals surface area contributed by atoms with E-state index < -0.39 is 0 Å². The van der Waals surface area contributed by atoms with E-state index in [0.29, 0.717) is 0 Å². The third kappa shape index (κ3) is 2.06. The van der Waals surface area contributed by atoms with E-state index in [-0.39, 0.29) is 11.9 Å². The Morgan fingerprint density at radius 3 is 2.72 bits per heavy atom. The maximum atomic E-state index is 13.0. The predicted octanol–water partition coefficient (Wildman–Crippen LogP) is 3.08. The first-order valence-corrected chi connectivity index (χ1v) is 7.01. The molecule has 0 fully saturated rings. The van der Waals surface area contributed by atoms with Crippen molar-refractivity contribution in [3.63, 3.8) is 0 Å². The summed E-state index contributed by atoms with van der Waals surface area (Å²) in [5.74, 6) is -0.199. The Kier molecular flexibility index (Phi) is 3.14. The molecule has 1 unspecified atom stereocenters. The van der Waals surface area contributed by atoms with Crippen LogP contribution in [0.5, 0.6) is 0 Å². The van der Waals surface area contributed by atoms with Crippen molar-refractivity contribution < 1.29 is 4.39 Å². The number of halogens is 1. The highest BCUT2D eigenvalue weighted by Crippen LogP contribution is 2.33. The molecule has 1 N–H and O–H groups in total. The van der Waals surface area contributed by atoms with Crippen LogP contribution in [-0.2, 0) is 12.8 Å². The second kappa shape index (κ2) is 4.78. The minimum absolute atomic E-state index is 0.0706. The minimum Gasteiger partial charge on any atom is -0.307 e. The maximum Gasteiger partial charge on any atom is 0.123 e. The Morgan fingerprint density at radius 1 is 1.28 bits per heavy atom. The van der Waals surface area contributed by atoms with Gasteiger partial charge in [0.1, 0.15) is 10.8 Å². The zero-order chi connectivity index (χ0) is 12.5. The molecule has 0 saturated carbocycles. The lowest BCUT2D eigenvalue weighted by molar-refractivity contribution is 0.623. The monoisotopic (exact) mass is 262 g/mol. The number of fused-ring (bicyclic) bond motifs is 1. The van der Waals surface area contributed by atoms with Gasteiger partial charge < -0.3 is 5.32 Å². The highest BCUT2D eigenvalue weighted by molar-refractivity contribution is 7.11. The molecule has 1 aliphatic carbocycles. The van der Waals surface area contributed by atoms with Gasteiger partial charge >= 0.3 is 0 Å². The number of thiazole rings is 1. The summed E-state index contributed by atoms with van der Waals surface area (Å²) in [4.78, 5) is 6.15. The van der Waals surface area contributed by atoms with Gasteiger partial charge in [-0.1, -0.05) is 12.1 Å². The molecule has 1 aliphatic rings. The van der Waals surface area contributed by atoms with Crippen LogP contribution in [-0.4, -0.2) is 12.0 Å². The lowest BCUT2D eigenvalue weighted by Gasteiger charge is -2.13. The Bertz CT molecular complexity index is 526. The van der Waals surface area contributed by atoms with Crippen LogP contribution in [0.25, 0.3) is 0 Å².